The average Bonchev–Trinajstić information content (AvgIpc) is 2.96. The first-order valence-electron chi connectivity index (χ1n) is 8.10. The molecular weight excluding hydrogens is 432 g/mol. The number of aromatic nitrogens is 2. The third-order valence-corrected chi connectivity index (χ3v) is 3.92. The van der Waals surface area contributed by atoms with E-state index < -0.39 is 0 Å². The van der Waals surface area contributed by atoms with Crippen molar-refractivity contribution < 1.29 is 4.39 Å². The molecule has 0 saturated heterocycles. The van der Waals surface area contributed by atoms with Crippen LogP contribution in [0.15, 0.2) is 41.7 Å². The van der Waals surface area contributed by atoms with E-state index in [0.29, 0.717) is 6.54 Å². The first-order valence-corrected chi connectivity index (χ1v) is 8.10. The van der Waals surface area contributed by atoms with Gasteiger partial charge >= 0.3 is 0 Å². The van der Waals surface area contributed by atoms with Crippen LogP contribution < -0.4 is 10.6 Å². The fourth-order valence-corrected chi connectivity index (χ4v) is 2.41. The Balaban J connectivity index is 0.00000312. The summed E-state index contributed by atoms with van der Waals surface area (Å²) in [6.45, 7) is 8.31. The first-order chi connectivity index (χ1) is 11.4. The standard InChI is InChI=1S/C18H26FN5.HI/c1-14-11-23-24(12-14)9-8-21-17(20-4)22-13-18(2,3)15-6-5-7-16(19)10-15;/h5-7,10-12H,8-9,13H2,1-4H3,(H2,20,21,22);1H. The van der Waals surface area contributed by atoms with Crippen molar-refractivity contribution in [2.24, 2.45) is 4.99 Å². The number of guanidine groups is 1. The van der Waals surface area contributed by atoms with Gasteiger partial charge in [-0.15, -0.1) is 24.0 Å². The highest BCUT2D eigenvalue weighted by molar-refractivity contribution is 14.0. The molecule has 0 saturated carbocycles. The zero-order valence-corrected chi connectivity index (χ0v) is 17.5. The van der Waals surface area contributed by atoms with Gasteiger partial charge in [-0.3, -0.25) is 9.67 Å². The van der Waals surface area contributed by atoms with Crippen molar-refractivity contribution in [1.82, 2.24) is 20.4 Å². The van der Waals surface area contributed by atoms with Crippen molar-refractivity contribution in [3.05, 3.63) is 53.6 Å². The lowest BCUT2D eigenvalue weighted by Gasteiger charge is -2.26. The van der Waals surface area contributed by atoms with Gasteiger partial charge in [0.15, 0.2) is 5.96 Å². The van der Waals surface area contributed by atoms with E-state index in [9.17, 15) is 4.39 Å². The van der Waals surface area contributed by atoms with Crippen LogP contribution in [0.1, 0.15) is 25.0 Å². The Morgan fingerprint density at radius 3 is 2.68 bits per heavy atom. The third-order valence-electron chi connectivity index (χ3n) is 3.92. The molecule has 0 bridgehead atoms. The quantitative estimate of drug-likeness (QED) is 0.397. The summed E-state index contributed by atoms with van der Waals surface area (Å²) < 4.78 is 15.3. The number of halogens is 2. The molecule has 1 aromatic carbocycles. The van der Waals surface area contributed by atoms with Gasteiger partial charge in [0, 0.05) is 31.7 Å². The summed E-state index contributed by atoms with van der Waals surface area (Å²) >= 11 is 0. The number of benzene rings is 1. The maximum atomic E-state index is 13.4. The molecule has 0 amide bonds. The second kappa shape index (κ2) is 9.74. The normalized spacial score (nSPS) is 11.8. The maximum Gasteiger partial charge on any atom is 0.191 e. The Morgan fingerprint density at radius 2 is 2.08 bits per heavy atom. The van der Waals surface area contributed by atoms with E-state index in [2.05, 4.69) is 34.6 Å². The van der Waals surface area contributed by atoms with Crippen molar-refractivity contribution in [3.63, 3.8) is 0 Å². The summed E-state index contributed by atoms with van der Waals surface area (Å²) in [6, 6.07) is 6.73. The summed E-state index contributed by atoms with van der Waals surface area (Å²) in [5.41, 5.74) is 1.89. The molecular formula is C18H27FIN5. The van der Waals surface area contributed by atoms with Gasteiger partial charge in [0.1, 0.15) is 5.82 Å². The molecule has 2 N–H and O–H groups in total. The summed E-state index contributed by atoms with van der Waals surface area (Å²) in [5, 5.41) is 10.8. The monoisotopic (exact) mass is 459 g/mol. The number of aliphatic imine (C=N–C) groups is 1. The molecule has 0 radical (unpaired) electrons. The highest BCUT2D eigenvalue weighted by Gasteiger charge is 2.21. The Kier molecular flexibility index (Phi) is 8.34. The van der Waals surface area contributed by atoms with Crippen molar-refractivity contribution in [2.75, 3.05) is 20.1 Å². The highest BCUT2D eigenvalue weighted by atomic mass is 127. The number of hydrogen-bond acceptors (Lipinski definition) is 2. The second-order valence-electron chi connectivity index (χ2n) is 6.53. The minimum absolute atomic E-state index is 0. The second-order valence-corrected chi connectivity index (χ2v) is 6.53. The van der Waals surface area contributed by atoms with Crippen LogP contribution in [0.25, 0.3) is 0 Å². The minimum Gasteiger partial charge on any atom is -0.356 e. The predicted octanol–water partition coefficient (Wildman–Crippen LogP) is 3.09. The summed E-state index contributed by atoms with van der Waals surface area (Å²) in [7, 11) is 1.74. The van der Waals surface area contributed by atoms with Crippen LogP contribution in [0.4, 0.5) is 4.39 Å². The van der Waals surface area contributed by atoms with Crippen LogP contribution in [-0.4, -0.2) is 35.9 Å². The SMILES string of the molecule is CN=C(NCCn1cc(C)cn1)NCC(C)(C)c1cccc(F)c1.I. The van der Waals surface area contributed by atoms with Crippen molar-refractivity contribution >= 4 is 29.9 Å². The summed E-state index contributed by atoms with van der Waals surface area (Å²) in [4.78, 5) is 4.23. The highest BCUT2D eigenvalue weighted by Crippen LogP contribution is 2.22. The van der Waals surface area contributed by atoms with Gasteiger partial charge < -0.3 is 10.6 Å². The zero-order valence-electron chi connectivity index (χ0n) is 15.2. The fraction of sp³-hybridized carbons (Fsp3) is 0.444. The van der Waals surface area contributed by atoms with Gasteiger partial charge in [-0.1, -0.05) is 26.0 Å². The number of aryl methyl sites for hydroxylation is 1. The van der Waals surface area contributed by atoms with Crippen LogP contribution in [0.2, 0.25) is 0 Å². The van der Waals surface area contributed by atoms with E-state index in [0.717, 1.165) is 30.2 Å². The molecule has 2 aromatic rings. The lowest BCUT2D eigenvalue weighted by atomic mass is 9.84. The average molecular weight is 459 g/mol. The van der Waals surface area contributed by atoms with Crippen molar-refractivity contribution in [3.8, 4) is 0 Å². The van der Waals surface area contributed by atoms with E-state index in [4.69, 9.17) is 0 Å². The van der Waals surface area contributed by atoms with E-state index in [1.807, 2.05) is 30.1 Å². The molecule has 0 aliphatic rings. The van der Waals surface area contributed by atoms with Gasteiger partial charge in [0.2, 0.25) is 0 Å². The third kappa shape index (κ3) is 6.64. The van der Waals surface area contributed by atoms with Crippen molar-refractivity contribution in [1.29, 1.82) is 0 Å². The molecule has 0 spiro atoms. The van der Waals surface area contributed by atoms with Crippen LogP contribution >= 0.6 is 24.0 Å². The molecule has 25 heavy (non-hydrogen) atoms. The fourth-order valence-electron chi connectivity index (χ4n) is 2.41. The maximum absolute atomic E-state index is 13.4. The molecule has 7 heteroatoms. The number of rotatable bonds is 6. The number of hydrogen-bond donors (Lipinski definition) is 2. The molecule has 0 fully saturated rings. The number of nitrogens with zero attached hydrogens (tertiary/aromatic N) is 3. The van der Waals surface area contributed by atoms with E-state index in [1.165, 1.54) is 6.07 Å². The lowest BCUT2D eigenvalue weighted by Crippen LogP contribution is -2.44. The molecule has 1 aromatic heterocycles. The molecule has 0 atom stereocenters. The van der Waals surface area contributed by atoms with Crippen LogP contribution in [0, 0.1) is 12.7 Å². The Bertz CT molecular complexity index is 696. The number of nitrogens with one attached hydrogen (secondary N) is 2. The van der Waals surface area contributed by atoms with Gasteiger partial charge in [0.05, 0.1) is 12.7 Å². The zero-order chi connectivity index (χ0) is 17.6. The van der Waals surface area contributed by atoms with E-state index in [1.54, 1.807) is 19.2 Å². The van der Waals surface area contributed by atoms with Crippen LogP contribution in [0.5, 0.6) is 0 Å². The minimum atomic E-state index is -0.211. The largest absolute Gasteiger partial charge is 0.356 e. The van der Waals surface area contributed by atoms with Gasteiger partial charge in [0.25, 0.3) is 0 Å². The lowest BCUT2D eigenvalue weighted by molar-refractivity contribution is 0.501. The molecule has 2 rings (SSSR count). The van der Waals surface area contributed by atoms with Gasteiger partial charge in [-0.2, -0.15) is 5.10 Å². The van der Waals surface area contributed by atoms with Crippen molar-refractivity contribution in [2.45, 2.75) is 32.7 Å². The molecule has 0 unspecified atom stereocenters. The summed E-state index contributed by atoms with van der Waals surface area (Å²) in [5.74, 6) is 0.515. The predicted molar refractivity (Wildman–Crippen MR) is 111 cm³/mol. The summed E-state index contributed by atoms with van der Waals surface area (Å²) in [6.07, 6.45) is 3.85. The molecule has 138 valence electrons. The first kappa shape index (κ1) is 21.4. The Labute approximate surface area is 166 Å². The Morgan fingerprint density at radius 1 is 1.32 bits per heavy atom. The van der Waals surface area contributed by atoms with Crippen LogP contribution in [0.3, 0.4) is 0 Å². The molecule has 5 nitrogen and oxygen atoms in total. The molecule has 1 heterocycles. The van der Waals surface area contributed by atoms with E-state index >= 15 is 0 Å². The molecule has 0 aliphatic carbocycles. The topological polar surface area (TPSA) is 54.2 Å². The van der Waals surface area contributed by atoms with Gasteiger partial charge in [-0.25, -0.2) is 4.39 Å². The van der Waals surface area contributed by atoms with Gasteiger partial charge in [-0.05, 0) is 30.2 Å². The van der Waals surface area contributed by atoms with E-state index in [-0.39, 0.29) is 35.2 Å². The smallest absolute Gasteiger partial charge is 0.191 e. The Hall–Kier alpha value is -1.64. The van der Waals surface area contributed by atoms with Crippen LogP contribution in [-0.2, 0) is 12.0 Å². The molecule has 0 aliphatic heterocycles.